The van der Waals surface area contributed by atoms with E-state index in [0.29, 0.717) is 5.54 Å². The fraction of sp³-hybridized carbons (Fsp3) is 0.938. The third-order valence-corrected chi connectivity index (χ3v) is 5.32. The summed E-state index contributed by atoms with van der Waals surface area (Å²) in [6.45, 7) is 2.08. The summed E-state index contributed by atoms with van der Waals surface area (Å²) in [5, 5.41) is 7.05. The maximum atomic E-state index is 4.37. The van der Waals surface area contributed by atoms with E-state index in [4.69, 9.17) is 0 Å². The van der Waals surface area contributed by atoms with Crippen LogP contribution >= 0.6 is 24.0 Å². The molecule has 0 spiro atoms. The second-order valence-corrected chi connectivity index (χ2v) is 6.78. The van der Waals surface area contributed by atoms with Crippen LogP contribution in [0.15, 0.2) is 4.99 Å². The highest BCUT2D eigenvalue weighted by Gasteiger charge is 2.34. The average Bonchev–Trinajstić information content (AvgIpc) is 2.41. The van der Waals surface area contributed by atoms with Crippen LogP contribution in [0.1, 0.15) is 51.4 Å². The predicted octanol–water partition coefficient (Wildman–Crippen LogP) is 2.83. The fourth-order valence-electron chi connectivity index (χ4n) is 3.40. The van der Waals surface area contributed by atoms with Gasteiger partial charge in [0.05, 0.1) is 0 Å². The van der Waals surface area contributed by atoms with Gasteiger partial charge in [0.25, 0.3) is 0 Å². The first kappa shape index (κ1) is 19.0. The Bertz CT molecular complexity index is 320. The summed E-state index contributed by atoms with van der Waals surface area (Å²) in [4.78, 5) is 6.78. The van der Waals surface area contributed by atoms with Crippen molar-refractivity contribution in [2.75, 3.05) is 34.2 Å². The first-order valence-corrected chi connectivity index (χ1v) is 8.28. The van der Waals surface area contributed by atoms with E-state index in [0.717, 1.165) is 25.0 Å². The molecule has 5 heteroatoms. The summed E-state index contributed by atoms with van der Waals surface area (Å²) < 4.78 is 0. The van der Waals surface area contributed by atoms with E-state index in [2.05, 4.69) is 34.6 Å². The predicted molar refractivity (Wildman–Crippen MR) is 102 cm³/mol. The van der Waals surface area contributed by atoms with Crippen LogP contribution in [0.25, 0.3) is 0 Å². The molecule has 0 atom stereocenters. The summed E-state index contributed by atoms with van der Waals surface area (Å²) in [6.07, 6.45) is 10.9. The van der Waals surface area contributed by atoms with E-state index < -0.39 is 0 Å². The van der Waals surface area contributed by atoms with Crippen molar-refractivity contribution in [3.05, 3.63) is 0 Å². The van der Waals surface area contributed by atoms with Gasteiger partial charge in [-0.2, -0.15) is 0 Å². The van der Waals surface area contributed by atoms with Gasteiger partial charge in [-0.15, -0.1) is 24.0 Å². The van der Waals surface area contributed by atoms with Crippen molar-refractivity contribution < 1.29 is 0 Å². The number of hydrogen-bond donors (Lipinski definition) is 2. The molecule has 0 radical (unpaired) electrons. The molecule has 124 valence electrons. The van der Waals surface area contributed by atoms with Gasteiger partial charge in [0, 0.05) is 25.7 Å². The molecule has 4 nitrogen and oxygen atoms in total. The zero-order valence-corrected chi connectivity index (χ0v) is 16.3. The number of aliphatic imine (C=N–C) groups is 1. The summed E-state index contributed by atoms with van der Waals surface area (Å²) >= 11 is 0. The van der Waals surface area contributed by atoms with Gasteiger partial charge in [-0.1, -0.05) is 25.7 Å². The second-order valence-electron chi connectivity index (χ2n) is 6.78. The molecule has 0 aromatic rings. The Morgan fingerprint density at radius 2 is 1.76 bits per heavy atom. The van der Waals surface area contributed by atoms with Crippen molar-refractivity contribution >= 4 is 29.9 Å². The van der Waals surface area contributed by atoms with Crippen molar-refractivity contribution in [3.63, 3.8) is 0 Å². The Hall–Kier alpha value is -0.0400. The summed E-state index contributed by atoms with van der Waals surface area (Å²) in [5.41, 5.74) is 0.312. The van der Waals surface area contributed by atoms with Crippen LogP contribution in [0, 0.1) is 5.92 Å². The molecule has 2 rings (SSSR count). The van der Waals surface area contributed by atoms with Gasteiger partial charge in [0.2, 0.25) is 0 Å². The number of rotatable bonds is 5. The number of likely N-dealkylation sites (N-methyl/N-ethyl adjacent to an activating group) is 1. The lowest BCUT2D eigenvalue weighted by Gasteiger charge is -2.43. The maximum Gasteiger partial charge on any atom is 0.191 e. The lowest BCUT2D eigenvalue weighted by atomic mass is 9.80. The normalized spacial score (nSPS) is 22.4. The van der Waals surface area contributed by atoms with Crippen LogP contribution < -0.4 is 10.6 Å². The minimum atomic E-state index is 0. The Morgan fingerprint density at radius 1 is 1.10 bits per heavy atom. The number of guanidine groups is 1. The minimum absolute atomic E-state index is 0. The molecule has 0 unspecified atom stereocenters. The minimum Gasteiger partial charge on any atom is -0.356 e. The lowest BCUT2D eigenvalue weighted by Crippen LogP contribution is -2.55. The van der Waals surface area contributed by atoms with Crippen molar-refractivity contribution in [2.45, 2.75) is 56.9 Å². The highest BCUT2D eigenvalue weighted by Crippen LogP contribution is 2.31. The topological polar surface area (TPSA) is 39.7 Å². The van der Waals surface area contributed by atoms with Crippen LogP contribution in [0.4, 0.5) is 0 Å². The van der Waals surface area contributed by atoms with Gasteiger partial charge in [0.15, 0.2) is 5.96 Å². The molecule has 0 bridgehead atoms. The van der Waals surface area contributed by atoms with Gasteiger partial charge < -0.3 is 15.5 Å². The molecule has 0 amide bonds. The molecule has 2 aliphatic rings. The second kappa shape index (κ2) is 9.18. The molecule has 0 heterocycles. The molecule has 0 aromatic heterocycles. The Balaban J connectivity index is 0.00000220. The number of halogens is 1. The molecule has 0 aliphatic heterocycles. The van der Waals surface area contributed by atoms with Crippen LogP contribution in [-0.2, 0) is 0 Å². The van der Waals surface area contributed by atoms with Gasteiger partial charge in [-0.25, -0.2) is 0 Å². The largest absolute Gasteiger partial charge is 0.356 e. The first-order valence-electron chi connectivity index (χ1n) is 8.28. The van der Waals surface area contributed by atoms with Gasteiger partial charge in [0.1, 0.15) is 0 Å². The summed E-state index contributed by atoms with van der Waals surface area (Å²) in [5.74, 6) is 1.84. The Morgan fingerprint density at radius 3 is 2.24 bits per heavy atom. The summed E-state index contributed by atoms with van der Waals surface area (Å²) in [6, 6.07) is 0. The van der Waals surface area contributed by atoms with Crippen molar-refractivity contribution in [1.82, 2.24) is 15.5 Å². The molecular weight excluding hydrogens is 375 g/mol. The molecular formula is C16H33IN4. The van der Waals surface area contributed by atoms with E-state index in [-0.39, 0.29) is 24.0 Å². The Kier molecular flexibility index (Phi) is 8.31. The van der Waals surface area contributed by atoms with Crippen LogP contribution in [-0.4, -0.2) is 50.6 Å². The lowest BCUT2D eigenvalue weighted by molar-refractivity contribution is 0.104. The van der Waals surface area contributed by atoms with Gasteiger partial charge in [-0.05, 0) is 45.7 Å². The zero-order chi connectivity index (χ0) is 14.4. The van der Waals surface area contributed by atoms with E-state index in [1.165, 1.54) is 51.4 Å². The molecule has 2 N–H and O–H groups in total. The van der Waals surface area contributed by atoms with Crippen molar-refractivity contribution in [1.29, 1.82) is 0 Å². The van der Waals surface area contributed by atoms with Gasteiger partial charge in [-0.3, -0.25) is 4.99 Å². The number of hydrogen-bond acceptors (Lipinski definition) is 2. The molecule has 2 fully saturated rings. The number of nitrogens with zero attached hydrogens (tertiary/aromatic N) is 2. The first-order chi connectivity index (χ1) is 9.66. The quantitative estimate of drug-likeness (QED) is 0.418. The smallest absolute Gasteiger partial charge is 0.191 e. The number of nitrogens with one attached hydrogen (secondary N) is 2. The molecule has 0 saturated heterocycles. The summed E-state index contributed by atoms with van der Waals surface area (Å²) in [7, 11) is 6.31. The monoisotopic (exact) mass is 408 g/mol. The van der Waals surface area contributed by atoms with E-state index in [9.17, 15) is 0 Å². The molecule has 2 aliphatic carbocycles. The van der Waals surface area contributed by atoms with Crippen molar-refractivity contribution in [2.24, 2.45) is 10.9 Å². The van der Waals surface area contributed by atoms with E-state index in [1.807, 2.05) is 7.05 Å². The molecule has 2 saturated carbocycles. The van der Waals surface area contributed by atoms with Crippen molar-refractivity contribution in [3.8, 4) is 0 Å². The third-order valence-electron chi connectivity index (χ3n) is 5.32. The van der Waals surface area contributed by atoms with Crippen LogP contribution in [0.2, 0.25) is 0 Å². The Labute approximate surface area is 147 Å². The van der Waals surface area contributed by atoms with Gasteiger partial charge >= 0.3 is 0 Å². The SMILES string of the molecule is CN=C(NCC1CCC1)NCC1(N(C)C)CCCCC1.I. The maximum absolute atomic E-state index is 4.37. The van der Waals surface area contributed by atoms with E-state index in [1.54, 1.807) is 0 Å². The molecule has 21 heavy (non-hydrogen) atoms. The van der Waals surface area contributed by atoms with Crippen LogP contribution in [0.5, 0.6) is 0 Å². The average molecular weight is 408 g/mol. The third kappa shape index (κ3) is 5.27. The fourth-order valence-corrected chi connectivity index (χ4v) is 3.40. The van der Waals surface area contributed by atoms with E-state index >= 15 is 0 Å². The standard InChI is InChI=1S/C16H32N4.HI/c1-17-15(18-12-14-8-7-9-14)19-13-16(20(2)3)10-5-4-6-11-16;/h14H,4-13H2,1-3H3,(H2,17,18,19);1H. The zero-order valence-electron chi connectivity index (χ0n) is 14.0. The highest BCUT2D eigenvalue weighted by molar-refractivity contribution is 14.0. The molecule has 0 aromatic carbocycles. The van der Waals surface area contributed by atoms with Crippen LogP contribution in [0.3, 0.4) is 0 Å². The highest BCUT2D eigenvalue weighted by atomic mass is 127.